The topological polar surface area (TPSA) is 80.8 Å². The van der Waals surface area contributed by atoms with Gasteiger partial charge in [0.2, 0.25) is 0 Å². The van der Waals surface area contributed by atoms with Gasteiger partial charge in [0.15, 0.2) is 0 Å². The highest BCUT2D eigenvalue weighted by atomic mass is 32.2. The van der Waals surface area contributed by atoms with Gasteiger partial charge in [-0.3, -0.25) is 9.59 Å². The molecule has 2 aromatic rings. The summed E-state index contributed by atoms with van der Waals surface area (Å²) in [6.07, 6.45) is 5.40. The summed E-state index contributed by atoms with van der Waals surface area (Å²) in [5, 5.41) is 0.304. The minimum Gasteiger partial charge on any atom is -0.266 e. The average Bonchev–Trinajstić information content (AvgIpc) is 2.91. The number of unbranched alkanes of at least 4 members (excludes halogenated alkanes) is 3. The van der Waals surface area contributed by atoms with Gasteiger partial charge in [-0.1, -0.05) is 50.5 Å². The maximum absolute atomic E-state index is 12.5. The van der Waals surface area contributed by atoms with E-state index < -0.39 is 21.9 Å². The smallest absolute Gasteiger partial charge is 0.266 e. The third-order valence-electron chi connectivity index (χ3n) is 4.46. The first kappa shape index (κ1) is 19.3. The summed E-state index contributed by atoms with van der Waals surface area (Å²) in [7, 11) is -4.29. The molecule has 1 aliphatic rings. The molecule has 0 aliphatic carbocycles. The lowest BCUT2D eigenvalue weighted by Gasteiger charge is -2.13. The molecule has 7 heteroatoms. The molecule has 0 atom stereocenters. The normalized spacial score (nSPS) is 13.9. The van der Waals surface area contributed by atoms with Crippen LogP contribution in [-0.2, 0) is 20.8 Å². The third kappa shape index (κ3) is 4.09. The molecule has 6 nitrogen and oxygen atoms in total. The molecule has 1 aliphatic heterocycles. The van der Waals surface area contributed by atoms with E-state index >= 15 is 0 Å². The van der Waals surface area contributed by atoms with E-state index in [2.05, 4.69) is 6.92 Å². The lowest BCUT2D eigenvalue weighted by Crippen LogP contribution is -2.32. The number of hydrogen-bond acceptors (Lipinski definition) is 5. The van der Waals surface area contributed by atoms with Gasteiger partial charge >= 0.3 is 10.1 Å². The van der Waals surface area contributed by atoms with E-state index in [9.17, 15) is 18.0 Å². The van der Waals surface area contributed by atoms with Crippen LogP contribution in [-0.4, -0.2) is 25.3 Å². The van der Waals surface area contributed by atoms with Gasteiger partial charge in [-0.15, -0.1) is 9.35 Å². The van der Waals surface area contributed by atoms with E-state index in [-0.39, 0.29) is 16.0 Å². The summed E-state index contributed by atoms with van der Waals surface area (Å²) >= 11 is 0. The lowest BCUT2D eigenvalue weighted by molar-refractivity contribution is -0.0103. The van der Waals surface area contributed by atoms with Crippen LogP contribution in [0.5, 0.6) is 0 Å². The predicted molar refractivity (Wildman–Crippen MR) is 99.5 cm³/mol. The molecule has 0 bridgehead atoms. The monoisotopic (exact) mass is 387 g/mol. The summed E-state index contributed by atoms with van der Waals surface area (Å²) in [4.78, 5) is 24.4. The van der Waals surface area contributed by atoms with Crippen LogP contribution in [0.2, 0.25) is 0 Å². The molecule has 2 aromatic carbocycles. The molecule has 0 aromatic heterocycles. The molecule has 3 rings (SSSR count). The van der Waals surface area contributed by atoms with Crippen molar-refractivity contribution in [2.24, 2.45) is 0 Å². The minimum atomic E-state index is -4.29. The Bertz CT molecular complexity index is 916. The van der Waals surface area contributed by atoms with E-state index in [1.165, 1.54) is 30.7 Å². The van der Waals surface area contributed by atoms with Gasteiger partial charge < -0.3 is 0 Å². The zero-order valence-electron chi connectivity index (χ0n) is 15.1. The second kappa shape index (κ2) is 8.02. The van der Waals surface area contributed by atoms with Crippen molar-refractivity contribution < 1.29 is 22.3 Å². The van der Waals surface area contributed by atoms with E-state index in [0.717, 1.165) is 31.2 Å². The number of aryl methyl sites for hydroxylation is 1. The Balaban J connectivity index is 1.70. The van der Waals surface area contributed by atoms with Crippen molar-refractivity contribution in [3.05, 3.63) is 65.2 Å². The number of hydroxylamine groups is 2. The Kier molecular flexibility index (Phi) is 5.72. The first-order valence-electron chi connectivity index (χ1n) is 8.95. The summed E-state index contributed by atoms with van der Waals surface area (Å²) in [5.41, 5.74) is 1.28. The number of carbonyl (C=O) groups excluding carboxylic acids is 2. The highest BCUT2D eigenvalue weighted by Gasteiger charge is 2.39. The number of hydrogen-bond donors (Lipinski definition) is 0. The standard InChI is InChI=1S/C20H21NO5S/c1-2-3-4-5-8-15-11-13-16(14-12-15)27(24,25)26-21-19(22)17-9-6-7-10-18(17)20(21)23/h6-7,9-14H,2-5,8H2,1H3. The zero-order chi connectivity index (χ0) is 19.4. The second-order valence-electron chi connectivity index (χ2n) is 6.43. The number of nitrogens with zero attached hydrogens (tertiary/aromatic N) is 1. The first-order valence-corrected chi connectivity index (χ1v) is 10.4. The van der Waals surface area contributed by atoms with Gasteiger partial charge in [0.05, 0.1) is 16.0 Å². The number of carbonyl (C=O) groups is 2. The summed E-state index contributed by atoms with van der Waals surface area (Å²) in [5.74, 6) is -1.57. The molecule has 2 amide bonds. The molecule has 0 spiro atoms. The summed E-state index contributed by atoms with van der Waals surface area (Å²) in [6.45, 7) is 2.15. The van der Waals surface area contributed by atoms with Crippen molar-refractivity contribution in [1.82, 2.24) is 5.06 Å². The Morgan fingerprint density at radius 1 is 0.852 bits per heavy atom. The van der Waals surface area contributed by atoms with Crippen molar-refractivity contribution >= 4 is 21.9 Å². The first-order chi connectivity index (χ1) is 12.9. The predicted octanol–water partition coefficient (Wildman–Crippen LogP) is 3.73. The molecule has 0 fully saturated rings. The molecule has 0 N–H and O–H groups in total. The molecule has 0 unspecified atom stereocenters. The van der Waals surface area contributed by atoms with Crippen molar-refractivity contribution in [3.63, 3.8) is 0 Å². The lowest BCUT2D eigenvalue weighted by atomic mass is 10.1. The summed E-state index contributed by atoms with van der Waals surface area (Å²) < 4.78 is 29.8. The SMILES string of the molecule is CCCCCCc1ccc(S(=O)(=O)ON2C(=O)c3ccccc3C2=O)cc1. The van der Waals surface area contributed by atoms with Gasteiger partial charge in [-0.25, -0.2) is 0 Å². The molecule has 1 heterocycles. The van der Waals surface area contributed by atoms with Crippen LogP contribution < -0.4 is 0 Å². The maximum atomic E-state index is 12.5. The molecule has 0 saturated carbocycles. The van der Waals surface area contributed by atoms with Crippen molar-refractivity contribution in [3.8, 4) is 0 Å². The van der Waals surface area contributed by atoms with Crippen molar-refractivity contribution in [1.29, 1.82) is 0 Å². The average molecular weight is 387 g/mol. The molecule has 0 radical (unpaired) electrons. The van der Waals surface area contributed by atoms with Gasteiger partial charge in [-0.05, 0) is 42.7 Å². The number of rotatable bonds is 8. The highest BCUT2D eigenvalue weighted by molar-refractivity contribution is 7.86. The maximum Gasteiger partial charge on any atom is 0.318 e. The fraction of sp³-hybridized carbons (Fsp3) is 0.300. The third-order valence-corrected chi connectivity index (χ3v) is 5.66. The number of benzene rings is 2. The Morgan fingerprint density at radius 3 is 2.00 bits per heavy atom. The Labute approximate surface area is 158 Å². The molecule has 0 saturated heterocycles. The largest absolute Gasteiger partial charge is 0.318 e. The van der Waals surface area contributed by atoms with Gasteiger partial charge in [0.1, 0.15) is 0 Å². The van der Waals surface area contributed by atoms with Crippen molar-refractivity contribution in [2.45, 2.75) is 43.9 Å². The van der Waals surface area contributed by atoms with E-state index in [4.69, 9.17) is 4.28 Å². The van der Waals surface area contributed by atoms with Crippen LogP contribution in [0, 0.1) is 0 Å². The zero-order valence-corrected chi connectivity index (χ0v) is 15.9. The van der Waals surface area contributed by atoms with E-state index in [0.29, 0.717) is 5.06 Å². The van der Waals surface area contributed by atoms with Gasteiger partial charge in [-0.2, -0.15) is 8.42 Å². The fourth-order valence-electron chi connectivity index (χ4n) is 2.95. The van der Waals surface area contributed by atoms with Crippen LogP contribution in [0.25, 0.3) is 0 Å². The summed E-state index contributed by atoms with van der Waals surface area (Å²) in [6, 6.07) is 12.4. The van der Waals surface area contributed by atoms with Crippen LogP contribution in [0.15, 0.2) is 53.4 Å². The Morgan fingerprint density at radius 2 is 1.44 bits per heavy atom. The van der Waals surface area contributed by atoms with E-state index in [1.54, 1.807) is 24.3 Å². The highest BCUT2D eigenvalue weighted by Crippen LogP contribution is 2.25. The molecular weight excluding hydrogens is 366 g/mol. The number of amides is 2. The second-order valence-corrected chi connectivity index (χ2v) is 7.96. The van der Waals surface area contributed by atoms with Crippen LogP contribution >= 0.6 is 0 Å². The van der Waals surface area contributed by atoms with Crippen LogP contribution in [0.3, 0.4) is 0 Å². The Hall–Kier alpha value is -2.51. The molecule has 142 valence electrons. The molecular formula is C20H21NO5S. The van der Waals surface area contributed by atoms with Crippen molar-refractivity contribution in [2.75, 3.05) is 0 Å². The minimum absolute atomic E-state index is 0.101. The fourth-order valence-corrected chi connectivity index (χ4v) is 3.84. The number of fused-ring (bicyclic) bond motifs is 1. The quantitative estimate of drug-likeness (QED) is 0.509. The number of imide groups is 1. The molecule has 27 heavy (non-hydrogen) atoms. The van der Waals surface area contributed by atoms with E-state index in [1.807, 2.05) is 0 Å². The van der Waals surface area contributed by atoms with Gasteiger partial charge in [0.25, 0.3) is 11.8 Å². The van der Waals surface area contributed by atoms with Crippen LogP contribution in [0.4, 0.5) is 0 Å². The van der Waals surface area contributed by atoms with Gasteiger partial charge in [0, 0.05) is 0 Å². The van der Waals surface area contributed by atoms with Crippen LogP contribution in [0.1, 0.15) is 58.9 Å².